The van der Waals surface area contributed by atoms with Gasteiger partial charge in [-0.2, -0.15) is 0 Å². The summed E-state index contributed by atoms with van der Waals surface area (Å²) in [5.74, 6) is 0.356. The van der Waals surface area contributed by atoms with E-state index in [2.05, 4.69) is 19.7 Å². The molecule has 0 aliphatic rings. The first kappa shape index (κ1) is 41.1. The zero-order valence-electron chi connectivity index (χ0n) is 27.0. The van der Waals surface area contributed by atoms with E-state index in [4.69, 9.17) is 28.4 Å². The fourth-order valence-corrected chi connectivity index (χ4v) is 3.17. The number of anilines is 1. The highest BCUT2D eigenvalue weighted by molar-refractivity contribution is 5.95. The minimum Gasteiger partial charge on any atom is -0.491 e. The summed E-state index contributed by atoms with van der Waals surface area (Å²) >= 11 is 0. The Morgan fingerprint density at radius 2 is 1.33 bits per heavy atom. The zero-order valence-corrected chi connectivity index (χ0v) is 27.0. The molecular formula is C34H50N2O9. The van der Waals surface area contributed by atoms with Crippen LogP contribution in [0.15, 0.2) is 86.3 Å². The van der Waals surface area contributed by atoms with E-state index in [0.717, 1.165) is 6.42 Å². The SMILES string of the molecule is C=CCOCCOCCOCCOCCOCCOc1ccc(N(C(=C)C=C)C(C)=O)cc1.CC/C=C/N(C)C(=O)/C=C\C=O. The number of ether oxygens (including phenoxy) is 6. The van der Waals surface area contributed by atoms with Gasteiger partial charge in [0.15, 0.2) is 0 Å². The fourth-order valence-electron chi connectivity index (χ4n) is 3.17. The highest BCUT2D eigenvalue weighted by Crippen LogP contribution is 2.22. The second kappa shape index (κ2) is 28.9. The molecule has 250 valence electrons. The molecular weight excluding hydrogens is 580 g/mol. The lowest BCUT2D eigenvalue weighted by Crippen LogP contribution is -2.26. The highest BCUT2D eigenvalue weighted by Gasteiger charge is 2.13. The molecule has 1 rings (SSSR count). The molecule has 0 fully saturated rings. The van der Waals surface area contributed by atoms with E-state index in [0.29, 0.717) is 96.1 Å². The molecule has 0 spiro atoms. The third-order valence-corrected chi connectivity index (χ3v) is 5.38. The van der Waals surface area contributed by atoms with E-state index in [-0.39, 0.29) is 11.8 Å². The zero-order chi connectivity index (χ0) is 33.5. The van der Waals surface area contributed by atoms with Gasteiger partial charge >= 0.3 is 0 Å². The maximum absolute atomic E-state index is 11.8. The van der Waals surface area contributed by atoms with E-state index in [1.54, 1.807) is 49.7 Å². The molecule has 0 aliphatic carbocycles. The van der Waals surface area contributed by atoms with Gasteiger partial charge in [0.2, 0.25) is 11.8 Å². The largest absolute Gasteiger partial charge is 0.491 e. The maximum atomic E-state index is 11.8. The Balaban J connectivity index is 0.00000136. The van der Waals surface area contributed by atoms with Gasteiger partial charge < -0.3 is 33.3 Å². The number of nitrogens with zero attached hydrogens (tertiary/aromatic N) is 2. The van der Waals surface area contributed by atoms with Crippen LogP contribution in [0.25, 0.3) is 0 Å². The molecule has 0 aromatic heterocycles. The molecule has 11 heteroatoms. The minimum absolute atomic E-state index is 0.134. The number of carbonyl (C=O) groups excluding carboxylic acids is 3. The smallest absolute Gasteiger partial charge is 0.250 e. The lowest BCUT2D eigenvalue weighted by Gasteiger charge is -2.21. The predicted molar refractivity (Wildman–Crippen MR) is 176 cm³/mol. The van der Waals surface area contributed by atoms with Crippen molar-refractivity contribution >= 4 is 23.8 Å². The first-order valence-corrected chi connectivity index (χ1v) is 14.7. The summed E-state index contributed by atoms with van der Waals surface area (Å²) < 4.78 is 32.6. The van der Waals surface area contributed by atoms with Crippen molar-refractivity contribution in [3.8, 4) is 5.75 Å². The predicted octanol–water partition coefficient (Wildman–Crippen LogP) is 4.51. The van der Waals surface area contributed by atoms with Gasteiger partial charge in [0, 0.05) is 37.6 Å². The first-order valence-electron chi connectivity index (χ1n) is 14.7. The third kappa shape index (κ3) is 22.3. The van der Waals surface area contributed by atoms with E-state index in [9.17, 15) is 14.4 Å². The molecule has 0 heterocycles. The molecule has 0 bridgehead atoms. The van der Waals surface area contributed by atoms with Crippen LogP contribution in [-0.2, 0) is 38.1 Å². The first-order chi connectivity index (χ1) is 21.8. The van der Waals surface area contributed by atoms with Crippen LogP contribution < -0.4 is 9.64 Å². The molecule has 45 heavy (non-hydrogen) atoms. The van der Waals surface area contributed by atoms with Crippen molar-refractivity contribution in [1.82, 2.24) is 4.90 Å². The summed E-state index contributed by atoms with van der Waals surface area (Å²) in [4.78, 5) is 35.6. The van der Waals surface area contributed by atoms with Crippen LogP contribution in [-0.4, -0.2) is 103 Å². The van der Waals surface area contributed by atoms with Crippen LogP contribution in [0.4, 0.5) is 5.69 Å². The molecule has 0 radical (unpaired) electrons. The second-order valence-corrected chi connectivity index (χ2v) is 8.94. The van der Waals surface area contributed by atoms with Crippen molar-refractivity contribution in [1.29, 1.82) is 0 Å². The van der Waals surface area contributed by atoms with Crippen LogP contribution in [0.3, 0.4) is 0 Å². The fraction of sp³-hybridized carbons (Fsp3) is 0.441. The average molecular weight is 631 g/mol. The maximum Gasteiger partial charge on any atom is 0.250 e. The number of rotatable bonds is 25. The number of hydrogen-bond acceptors (Lipinski definition) is 9. The summed E-state index contributed by atoms with van der Waals surface area (Å²) in [5, 5.41) is 0. The Hall–Kier alpha value is -3.87. The van der Waals surface area contributed by atoms with Crippen LogP contribution in [0.1, 0.15) is 20.3 Å². The summed E-state index contributed by atoms with van der Waals surface area (Å²) in [7, 11) is 1.64. The van der Waals surface area contributed by atoms with Crippen LogP contribution in [0.2, 0.25) is 0 Å². The Bertz CT molecular complexity index is 1040. The van der Waals surface area contributed by atoms with Crippen LogP contribution in [0.5, 0.6) is 5.75 Å². The number of hydrogen-bond donors (Lipinski definition) is 0. The van der Waals surface area contributed by atoms with Crippen molar-refractivity contribution in [2.24, 2.45) is 0 Å². The second-order valence-electron chi connectivity index (χ2n) is 8.94. The topological polar surface area (TPSA) is 113 Å². The monoisotopic (exact) mass is 630 g/mol. The Morgan fingerprint density at radius 1 is 0.822 bits per heavy atom. The molecule has 1 aromatic rings. The summed E-state index contributed by atoms with van der Waals surface area (Å²) in [5.41, 5.74) is 1.23. The molecule has 0 atom stereocenters. The van der Waals surface area contributed by atoms with Crippen LogP contribution >= 0.6 is 0 Å². The minimum atomic E-state index is -0.202. The average Bonchev–Trinajstić information content (AvgIpc) is 3.04. The molecule has 0 aliphatic heterocycles. The van der Waals surface area contributed by atoms with Gasteiger partial charge in [0.1, 0.15) is 18.6 Å². The molecule has 1 aromatic carbocycles. The quantitative estimate of drug-likeness (QED) is 0.0506. The van der Waals surface area contributed by atoms with Crippen LogP contribution in [0, 0.1) is 0 Å². The summed E-state index contributed by atoms with van der Waals surface area (Å²) in [6.07, 6.45) is 10.7. The van der Waals surface area contributed by atoms with E-state index >= 15 is 0 Å². The molecule has 0 unspecified atom stereocenters. The number of allylic oxidation sites excluding steroid dienone is 3. The molecule has 11 nitrogen and oxygen atoms in total. The van der Waals surface area contributed by atoms with Gasteiger partial charge in [0.05, 0.1) is 66.1 Å². The Kier molecular flexibility index (Phi) is 26.4. The van der Waals surface area contributed by atoms with Gasteiger partial charge in [-0.05, 0) is 42.8 Å². The van der Waals surface area contributed by atoms with Gasteiger partial charge in [-0.25, -0.2) is 0 Å². The Labute approximate surface area is 268 Å². The molecule has 0 saturated carbocycles. The highest BCUT2D eigenvalue weighted by atomic mass is 16.6. The van der Waals surface area contributed by atoms with Gasteiger partial charge in [0.25, 0.3) is 0 Å². The van der Waals surface area contributed by atoms with Gasteiger partial charge in [-0.3, -0.25) is 19.3 Å². The number of amides is 2. The molecule has 2 amide bonds. The standard InChI is InChI=1S/C25H37NO7.C9H13NO2/c1-5-11-28-12-13-29-14-15-30-16-17-31-18-19-32-20-21-33-25-9-7-24(8-10-25)26(23(4)27)22(3)6-2;1-3-4-7-10(2)9(12)6-5-8-11/h5-10H,1-3,11-21H2,4H3;4-8H,3H2,1-2H3/b;6-5-,7-4+. The van der Waals surface area contributed by atoms with Crippen molar-refractivity contribution < 1.29 is 42.8 Å². The van der Waals surface area contributed by atoms with Crippen molar-refractivity contribution in [2.75, 3.05) is 84.6 Å². The lowest BCUT2D eigenvalue weighted by atomic mass is 10.2. The number of likely N-dealkylation sites (N-methyl/N-ethyl adjacent to an activating group) is 1. The Morgan fingerprint density at radius 3 is 1.78 bits per heavy atom. The third-order valence-electron chi connectivity index (χ3n) is 5.38. The van der Waals surface area contributed by atoms with Crippen molar-refractivity contribution in [3.63, 3.8) is 0 Å². The number of carbonyl (C=O) groups is 3. The van der Waals surface area contributed by atoms with Gasteiger partial charge in [-0.15, -0.1) is 6.58 Å². The number of aldehydes is 1. The summed E-state index contributed by atoms with van der Waals surface area (Å²) in [6.45, 7) is 20.1. The number of benzene rings is 1. The molecule has 0 N–H and O–H groups in total. The summed E-state index contributed by atoms with van der Waals surface area (Å²) in [6, 6.07) is 7.19. The van der Waals surface area contributed by atoms with E-state index < -0.39 is 0 Å². The van der Waals surface area contributed by atoms with E-state index in [1.165, 1.54) is 28.9 Å². The molecule has 0 saturated heterocycles. The van der Waals surface area contributed by atoms with Crippen molar-refractivity contribution in [3.05, 3.63) is 86.3 Å². The van der Waals surface area contributed by atoms with Crippen molar-refractivity contribution in [2.45, 2.75) is 20.3 Å². The van der Waals surface area contributed by atoms with E-state index in [1.807, 2.05) is 13.0 Å². The van der Waals surface area contributed by atoms with Gasteiger partial charge in [-0.1, -0.05) is 32.2 Å². The lowest BCUT2D eigenvalue weighted by molar-refractivity contribution is -0.122. The normalized spacial score (nSPS) is 10.6.